The SMILES string of the molecule is C[C@H](O)CNC(=O)c1cc(Cl)c[nH]1. The standard InChI is InChI=1S/C8H11ClN2O2/c1-5(12)3-11-8(13)7-2-6(9)4-10-7/h2,4-5,10,12H,3H2,1H3,(H,11,13)/t5-/m0/s1. The van der Waals surface area contributed by atoms with E-state index in [1.54, 1.807) is 6.92 Å². The zero-order valence-corrected chi connectivity index (χ0v) is 7.93. The zero-order valence-electron chi connectivity index (χ0n) is 7.17. The Hall–Kier alpha value is -1.00. The molecule has 0 unspecified atom stereocenters. The fourth-order valence-corrected chi connectivity index (χ4v) is 0.998. The van der Waals surface area contributed by atoms with E-state index in [1.807, 2.05) is 0 Å². The molecule has 0 saturated carbocycles. The average molecular weight is 203 g/mol. The van der Waals surface area contributed by atoms with Crippen molar-refractivity contribution in [1.82, 2.24) is 10.3 Å². The molecule has 0 aliphatic rings. The van der Waals surface area contributed by atoms with Gasteiger partial charge in [0.2, 0.25) is 0 Å². The molecule has 1 aromatic heterocycles. The van der Waals surface area contributed by atoms with E-state index in [2.05, 4.69) is 10.3 Å². The van der Waals surface area contributed by atoms with E-state index < -0.39 is 6.10 Å². The van der Waals surface area contributed by atoms with Gasteiger partial charge in [0, 0.05) is 12.7 Å². The molecule has 0 aromatic carbocycles. The van der Waals surface area contributed by atoms with Gasteiger partial charge in [0.15, 0.2) is 0 Å². The third kappa shape index (κ3) is 3.08. The second kappa shape index (κ2) is 4.30. The number of amides is 1. The summed E-state index contributed by atoms with van der Waals surface area (Å²) >= 11 is 5.61. The highest BCUT2D eigenvalue weighted by Crippen LogP contribution is 2.08. The first-order chi connectivity index (χ1) is 6.09. The molecule has 13 heavy (non-hydrogen) atoms. The second-order valence-corrected chi connectivity index (χ2v) is 3.23. The lowest BCUT2D eigenvalue weighted by molar-refractivity contribution is 0.0919. The van der Waals surface area contributed by atoms with Crippen molar-refractivity contribution in [2.45, 2.75) is 13.0 Å². The van der Waals surface area contributed by atoms with E-state index in [0.29, 0.717) is 10.7 Å². The van der Waals surface area contributed by atoms with Crippen LogP contribution >= 0.6 is 11.6 Å². The summed E-state index contributed by atoms with van der Waals surface area (Å²) < 4.78 is 0. The van der Waals surface area contributed by atoms with Crippen LogP contribution in [-0.4, -0.2) is 28.6 Å². The fraction of sp³-hybridized carbons (Fsp3) is 0.375. The van der Waals surface area contributed by atoms with Gasteiger partial charge >= 0.3 is 0 Å². The quantitative estimate of drug-likeness (QED) is 0.678. The van der Waals surface area contributed by atoms with Gasteiger partial charge in [-0.1, -0.05) is 11.6 Å². The molecule has 4 nitrogen and oxygen atoms in total. The fourth-order valence-electron chi connectivity index (χ4n) is 0.835. The number of hydrogen-bond acceptors (Lipinski definition) is 2. The Balaban J connectivity index is 2.49. The first kappa shape index (κ1) is 10.1. The number of aliphatic hydroxyl groups is 1. The summed E-state index contributed by atoms with van der Waals surface area (Å²) in [4.78, 5) is 14.0. The topological polar surface area (TPSA) is 65.1 Å². The molecule has 0 saturated heterocycles. The minimum atomic E-state index is -0.547. The van der Waals surface area contributed by atoms with E-state index in [1.165, 1.54) is 12.3 Å². The highest BCUT2D eigenvalue weighted by atomic mass is 35.5. The van der Waals surface area contributed by atoms with Crippen molar-refractivity contribution in [3.05, 3.63) is 23.0 Å². The maximum absolute atomic E-state index is 11.3. The zero-order chi connectivity index (χ0) is 9.84. The second-order valence-electron chi connectivity index (χ2n) is 2.79. The van der Waals surface area contributed by atoms with Gasteiger partial charge in [-0.2, -0.15) is 0 Å². The molecule has 1 heterocycles. The van der Waals surface area contributed by atoms with Crippen molar-refractivity contribution >= 4 is 17.5 Å². The van der Waals surface area contributed by atoms with Gasteiger partial charge < -0.3 is 15.4 Å². The molecule has 0 bridgehead atoms. The van der Waals surface area contributed by atoms with Crippen molar-refractivity contribution < 1.29 is 9.90 Å². The van der Waals surface area contributed by atoms with Crippen LogP contribution in [0.2, 0.25) is 5.02 Å². The molecule has 1 atom stereocenters. The number of carbonyl (C=O) groups is 1. The lowest BCUT2D eigenvalue weighted by Crippen LogP contribution is -2.30. The number of H-pyrrole nitrogens is 1. The summed E-state index contributed by atoms with van der Waals surface area (Å²) in [5.74, 6) is -0.271. The van der Waals surface area contributed by atoms with Crippen LogP contribution in [0.3, 0.4) is 0 Å². The van der Waals surface area contributed by atoms with Gasteiger partial charge in [-0.25, -0.2) is 0 Å². The predicted octanol–water partition coefficient (Wildman–Crippen LogP) is 0.779. The van der Waals surface area contributed by atoms with E-state index in [4.69, 9.17) is 16.7 Å². The number of aliphatic hydroxyl groups excluding tert-OH is 1. The Bertz CT molecular complexity index is 296. The van der Waals surface area contributed by atoms with Crippen LogP contribution < -0.4 is 5.32 Å². The van der Waals surface area contributed by atoms with Crippen LogP contribution in [0.4, 0.5) is 0 Å². The van der Waals surface area contributed by atoms with Crippen molar-refractivity contribution in [3.8, 4) is 0 Å². The third-order valence-electron chi connectivity index (χ3n) is 1.45. The minimum Gasteiger partial charge on any atom is -0.392 e. The largest absolute Gasteiger partial charge is 0.392 e. The van der Waals surface area contributed by atoms with Crippen molar-refractivity contribution in [2.75, 3.05) is 6.54 Å². The Morgan fingerprint density at radius 2 is 2.54 bits per heavy atom. The summed E-state index contributed by atoms with van der Waals surface area (Å²) in [6.07, 6.45) is 0.980. The number of carbonyl (C=O) groups excluding carboxylic acids is 1. The van der Waals surface area contributed by atoms with Crippen LogP contribution in [0, 0.1) is 0 Å². The molecule has 3 N–H and O–H groups in total. The Morgan fingerprint density at radius 3 is 3.00 bits per heavy atom. The normalized spacial score (nSPS) is 12.5. The molecule has 72 valence electrons. The maximum atomic E-state index is 11.3. The summed E-state index contributed by atoms with van der Waals surface area (Å²) in [5, 5.41) is 11.9. The third-order valence-corrected chi connectivity index (χ3v) is 1.67. The Morgan fingerprint density at radius 1 is 1.85 bits per heavy atom. The number of nitrogens with one attached hydrogen (secondary N) is 2. The summed E-state index contributed by atoms with van der Waals surface area (Å²) in [5.41, 5.74) is 0.394. The van der Waals surface area contributed by atoms with Crippen LogP contribution in [0.25, 0.3) is 0 Å². The lowest BCUT2D eigenvalue weighted by Gasteiger charge is -2.04. The van der Waals surface area contributed by atoms with E-state index >= 15 is 0 Å². The molecule has 0 radical (unpaired) electrons. The smallest absolute Gasteiger partial charge is 0.267 e. The summed E-state index contributed by atoms with van der Waals surface area (Å²) in [7, 11) is 0. The molecule has 5 heteroatoms. The maximum Gasteiger partial charge on any atom is 0.267 e. The van der Waals surface area contributed by atoms with Crippen molar-refractivity contribution in [1.29, 1.82) is 0 Å². The summed E-state index contributed by atoms with van der Waals surface area (Å²) in [6, 6.07) is 1.53. The molecule has 1 aromatic rings. The number of aromatic amines is 1. The first-order valence-corrected chi connectivity index (χ1v) is 4.27. The summed E-state index contributed by atoms with van der Waals surface area (Å²) in [6.45, 7) is 1.83. The van der Waals surface area contributed by atoms with E-state index in [0.717, 1.165) is 0 Å². The molecule has 0 aliphatic carbocycles. The first-order valence-electron chi connectivity index (χ1n) is 3.90. The van der Waals surface area contributed by atoms with E-state index in [9.17, 15) is 4.79 Å². The number of rotatable bonds is 3. The number of halogens is 1. The molecule has 1 rings (SSSR count). The predicted molar refractivity (Wildman–Crippen MR) is 49.8 cm³/mol. The molecule has 0 fully saturated rings. The van der Waals surface area contributed by atoms with Gasteiger partial charge in [0.05, 0.1) is 11.1 Å². The molecule has 0 aliphatic heterocycles. The van der Waals surface area contributed by atoms with Gasteiger partial charge in [-0.3, -0.25) is 4.79 Å². The number of aromatic nitrogens is 1. The van der Waals surface area contributed by atoms with Crippen LogP contribution in [0.5, 0.6) is 0 Å². The van der Waals surface area contributed by atoms with Gasteiger partial charge in [0.1, 0.15) is 5.69 Å². The van der Waals surface area contributed by atoms with Crippen molar-refractivity contribution in [3.63, 3.8) is 0 Å². The molecular formula is C8H11ClN2O2. The van der Waals surface area contributed by atoms with E-state index in [-0.39, 0.29) is 12.5 Å². The van der Waals surface area contributed by atoms with Crippen LogP contribution in [0.15, 0.2) is 12.3 Å². The monoisotopic (exact) mass is 202 g/mol. The number of hydrogen-bond donors (Lipinski definition) is 3. The minimum absolute atomic E-state index is 0.232. The molecule has 0 spiro atoms. The van der Waals surface area contributed by atoms with Gasteiger partial charge in [-0.15, -0.1) is 0 Å². The van der Waals surface area contributed by atoms with Crippen molar-refractivity contribution in [2.24, 2.45) is 0 Å². The Labute approximate surface area is 80.9 Å². The van der Waals surface area contributed by atoms with Crippen LogP contribution in [0.1, 0.15) is 17.4 Å². The molecule has 1 amide bonds. The average Bonchev–Trinajstić information content (AvgIpc) is 2.47. The van der Waals surface area contributed by atoms with Crippen LogP contribution in [-0.2, 0) is 0 Å². The highest BCUT2D eigenvalue weighted by Gasteiger charge is 2.07. The Kier molecular flexibility index (Phi) is 3.33. The highest BCUT2D eigenvalue weighted by molar-refractivity contribution is 6.30. The van der Waals surface area contributed by atoms with Gasteiger partial charge in [-0.05, 0) is 13.0 Å². The van der Waals surface area contributed by atoms with Gasteiger partial charge in [0.25, 0.3) is 5.91 Å². The molecular weight excluding hydrogens is 192 g/mol. The lowest BCUT2D eigenvalue weighted by atomic mass is 10.3.